The van der Waals surface area contributed by atoms with Gasteiger partial charge in [-0.15, -0.1) is 11.5 Å². The van der Waals surface area contributed by atoms with E-state index in [9.17, 15) is 0 Å². The molecule has 2 aliphatic carbocycles. The Morgan fingerprint density at radius 1 is 1.00 bits per heavy atom. The summed E-state index contributed by atoms with van der Waals surface area (Å²) in [6, 6.07) is 0. The number of rotatable bonds is 2. The van der Waals surface area contributed by atoms with Gasteiger partial charge in [0.1, 0.15) is 0 Å². The van der Waals surface area contributed by atoms with Gasteiger partial charge in [-0.3, -0.25) is 0 Å². The van der Waals surface area contributed by atoms with E-state index in [0.717, 1.165) is 16.7 Å². The molecule has 0 aromatic heterocycles. The third kappa shape index (κ3) is 1.06. The minimum atomic E-state index is 0.991. The van der Waals surface area contributed by atoms with Crippen molar-refractivity contribution in [2.24, 2.45) is 0 Å². The van der Waals surface area contributed by atoms with Crippen molar-refractivity contribution >= 4 is 0 Å². The first kappa shape index (κ1) is 6.94. The van der Waals surface area contributed by atoms with Gasteiger partial charge < -0.3 is 0 Å². The molecule has 0 unspecified atom stereocenters. The summed E-state index contributed by atoms with van der Waals surface area (Å²) in [5.74, 6) is 0. The molecule has 0 saturated heterocycles. The van der Waals surface area contributed by atoms with Crippen LogP contribution in [0.2, 0.25) is 0 Å². The summed E-state index contributed by atoms with van der Waals surface area (Å²) in [6.07, 6.45) is 11.7. The third-order valence-corrected chi connectivity index (χ3v) is 1.85. The van der Waals surface area contributed by atoms with Crippen LogP contribution in [0.25, 0.3) is 0 Å². The molecule has 0 aliphatic heterocycles. The highest BCUT2D eigenvalue weighted by atomic mass is 14.1. The maximum atomic E-state index is 3.98. The minimum Gasteiger partial charge on any atom is -0.112 e. The summed E-state index contributed by atoms with van der Waals surface area (Å²) in [5, 5.41) is 0. The van der Waals surface area contributed by atoms with E-state index >= 15 is 0 Å². The van der Waals surface area contributed by atoms with Crippen molar-refractivity contribution in [2.75, 3.05) is 0 Å². The first-order chi connectivity index (χ1) is 5.88. The predicted octanol–water partition coefficient (Wildman–Crippen LogP) is 2.85. The van der Waals surface area contributed by atoms with Crippen molar-refractivity contribution in [2.45, 2.75) is 0 Å². The number of hydrogen-bond acceptors (Lipinski definition) is 0. The molecular weight excluding hydrogens is 144 g/mol. The molecule has 12 heavy (non-hydrogen) atoms. The normalized spacial score (nSPS) is 17.0. The summed E-state index contributed by atoms with van der Waals surface area (Å²) < 4.78 is 0. The molecule has 2 aliphatic rings. The van der Waals surface area contributed by atoms with E-state index in [4.69, 9.17) is 0 Å². The van der Waals surface area contributed by atoms with Crippen molar-refractivity contribution in [1.82, 2.24) is 0 Å². The van der Waals surface area contributed by atoms with Crippen LogP contribution in [0, 0.1) is 0 Å². The van der Waals surface area contributed by atoms with Gasteiger partial charge in [-0.05, 0) is 29.9 Å². The fourth-order valence-electron chi connectivity index (χ4n) is 1.18. The predicted molar refractivity (Wildman–Crippen MR) is 50.6 cm³/mol. The fraction of sp³-hybridized carbons (Fsp3) is 0. The highest BCUT2D eigenvalue weighted by Gasteiger charge is 2.05. The second-order valence-electron chi connectivity index (χ2n) is 2.65. The van der Waals surface area contributed by atoms with E-state index in [2.05, 4.69) is 18.0 Å². The lowest BCUT2D eigenvalue weighted by Crippen LogP contribution is -1.83. The summed E-state index contributed by atoms with van der Waals surface area (Å²) in [5.41, 5.74) is 9.31. The Morgan fingerprint density at radius 3 is 1.83 bits per heavy atom. The molecule has 0 bridgehead atoms. The maximum Gasteiger partial charge on any atom is 0.0243 e. The standard InChI is InChI=1S/C12H8/c1-10(11-6-2-3-7-11)12-8-4-5-9-12/h2-6,8H,1H2. The molecule has 0 N–H and O–H groups in total. The first-order valence-corrected chi connectivity index (χ1v) is 3.84. The third-order valence-electron chi connectivity index (χ3n) is 1.85. The van der Waals surface area contributed by atoms with Crippen LogP contribution in [0.3, 0.4) is 0 Å². The van der Waals surface area contributed by atoms with E-state index in [1.807, 2.05) is 36.5 Å². The molecule has 0 atom stereocenters. The molecule has 0 nitrogen and oxygen atoms in total. The zero-order valence-corrected chi connectivity index (χ0v) is 6.67. The van der Waals surface area contributed by atoms with Crippen molar-refractivity contribution in [1.29, 1.82) is 0 Å². The largest absolute Gasteiger partial charge is 0.112 e. The Morgan fingerprint density at radius 2 is 1.50 bits per heavy atom. The van der Waals surface area contributed by atoms with Gasteiger partial charge in [0, 0.05) is 11.1 Å². The average molecular weight is 152 g/mol. The Labute approximate surface area is 71.9 Å². The summed E-state index contributed by atoms with van der Waals surface area (Å²) in [4.78, 5) is 0. The molecule has 2 rings (SSSR count). The number of hydrogen-bond donors (Lipinski definition) is 0. The molecule has 0 heteroatoms. The zero-order valence-electron chi connectivity index (χ0n) is 6.67. The molecule has 0 aromatic carbocycles. The van der Waals surface area contributed by atoms with Gasteiger partial charge in [0.25, 0.3) is 0 Å². The second kappa shape index (κ2) is 2.71. The molecule has 0 saturated carbocycles. The molecule has 0 fully saturated rings. The second-order valence-corrected chi connectivity index (χ2v) is 2.65. The van der Waals surface area contributed by atoms with Gasteiger partial charge in [0.15, 0.2) is 0 Å². The van der Waals surface area contributed by atoms with Crippen molar-refractivity contribution in [3.63, 3.8) is 0 Å². The summed E-state index contributed by atoms with van der Waals surface area (Å²) >= 11 is 0. The van der Waals surface area contributed by atoms with Crippen LogP contribution in [0.15, 0.2) is 71.2 Å². The van der Waals surface area contributed by atoms with Crippen LogP contribution in [-0.2, 0) is 0 Å². The lowest BCUT2D eigenvalue weighted by Gasteiger charge is -1.99. The Hall–Kier alpha value is -1.74. The quantitative estimate of drug-likeness (QED) is 0.534. The topological polar surface area (TPSA) is 0 Å². The van der Waals surface area contributed by atoms with Crippen LogP contribution < -0.4 is 0 Å². The Balaban J connectivity index is 2.33. The van der Waals surface area contributed by atoms with Crippen LogP contribution >= 0.6 is 0 Å². The fourth-order valence-corrected chi connectivity index (χ4v) is 1.18. The van der Waals surface area contributed by atoms with Crippen LogP contribution in [0.4, 0.5) is 0 Å². The van der Waals surface area contributed by atoms with Crippen molar-refractivity contribution in [3.8, 4) is 0 Å². The summed E-state index contributed by atoms with van der Waals surface area (Å²) in [6.45, 7) is 3.98. The van der Waals surface area contributed by atoms with E-state index in [0.29, 0.717) is 0 Å². The molecular formula is C12H8. The SMILES string of the molecule is C=C(C1=C=CC=C1)C1=C=CC=C1. The van der Waals surface area contributed by atoms with Crippen LogP contribution in [0.5, 0.6) is 0 Å². The van der Waals surface area contributed by atoms with Gasteiger partial charge in [-0.25, -0.2) is 0 Å². The van der Waals surface area contributed by atoms with Gasteiger partial charge in [-0.1, -0.05) is 18.7 Å². The first-order valence-electron chi connectivity index (χ1n) is 3.84. The maximum absolute atomic E-state index is 3.98. The van der Waals surface area contributed by atoms with E-state index < -0.39 is 0 Å². The highest BCUT2D eigenvalue weighted by molar-refractivity contribution is 5.57. The smallest absolute Gasteiger partial charge is 0.0243 e. The zero-order chi connectivity index (χ0) is 8.39. The van der Waals surface area contributed by atoms with Gasteiger partial charge in [0.2, 0.25) is 0 Å². The van der Waals surface area contributed by atoms with Gasteiger partial charge in [-0.2, -0.15) is 0 Å². The van der Waals surface area contributed by atoms with E-state index in [1.165, 1.54) is 0 Å². The molecule has 0 aromatic rings. The van der Waals surface area contributed by atoms with E-state index in [1.54, 1.807) is 0 Å². The molecule has 0 spiro atoms. The van der Waals surface area contributed by atoms with Gasteiger partial charge in [0.05, 0.1) is 0 Å². The number of allylic oxidation sites excluding steroid dienone is 7. The van der Waals surface area contributed by atoms with Gasteiger partial charge >= 0.3 is 0 Å². The Kier molecular flexibility index (Phi) is 1.57. The molecule has 0 radical (unpaired) electrons. The highest BCUT2D eigenvalue weighted by Crippen LogP contribution is 2.21. The molecule has 0 heterocycles. The van der Waals surface area contributed by atoms with Crippen LogP contribution in [-0.4, -0.2) is 0 Å². The lowest BCUT2D eigenvalue weighted by molar-refractivity contribution is 1.53. The monoisotopic (exact) mass is 152 g/mol. The minimum absolute atomic E-state index is 0.991. The molecule has 56 valence electrons. The summed E-state index contributed by atoms with van der Waals surface area (Å²) in [7, 11) is 0. The molecule has 0 amide bonds. The Bertz CT molecular complexity index is 373. The van der Waals surface area contributed by atoms with Crippen molar-refractivity contribution < 1.29 is 0 Å². The van der Waals surface area contributed by atoms with Crippen LogP contribution in [0.1, 0.15) is 0 Å². The van der Waals surface area contributed by atoms with Crippen molar-refractivity contribution in [3.05, 3.63) is 71.2 Å². The van der Waals surface area contributed by atoms with E-state index in [-0.39, 0.29) is 0 Å². The lowest BCUT2D eigenvalue weighted by atomic mass is 10.0. The average Bonchev–Trinajstić information content (AvgIpc) is 2.77.